The van der Waals surface area contributed by atoms with Gasteiger partial charge in [0.05, 0.1) is 0 Å². The van der Waals surface area contributed by atoms with Crippen LogP contribution in [0.4, 0.5) is 9.18 Å². The van der Waals surface area contributed by atoms with Crippen molar-refractivity contribution in [1.82, 2.24) is 20.1 Å². The number of hydrogen-bond donors (Lipinski definition) is 1. The van der Waals surface area contributed by atoms with E-state index in [1.165, 1.54) is 17.0 Å². The van der Waals surface area contributed by atoms with Crippen LogP contribution >= 0.6 is 0 Å². The van der Waals surface area contributed by atoms with Gasteiger partial charge in [-0.1, -0.05) is 18.2 Å². The maximum absolute atomic E-state index is 13.0. The topological polar surface area (TPSA) is 65.5 Å². The zero-order valence-corrected chi connectivity index (χ0v) is 15.3. The molecule has 0 aliphatic carbocycles. The molecule has 3 amide bonds. The van der Waals surface area contributed by atoms with Gasteiger partial charge in [-0.3, -0.25) is 9.78 Å². The van der Waals surface area contributed by atoms with Crippen molar-refractivity contribution < 1.29 is 14.0 Å². The summed E-state index contributed by atoms with van der Waals surface area (Å²) in [6, 6.07) is 9.63. The molecule has 0 unspecified atom stereocenters. The van der Waals surface area contributed by atoms with Gasteiger partial charge in [-0.15, -0.1) is 0 Å². The molecular formula is C20H23FN4O2. The molecule has 1 aliphatic heterocycles. The van der Waals surface area contributed by atoms with Gasteiger partial charge in [-0.2, -0.15) is 0 Å². The number of nitrogens with zero attached hydrogens (tertiary/aromatic N) is 3. The largest absolute Gasteiger partial charge is 0.335 e. The summed E-state index contributed by atoms with van der Waals surface area (Å²) in [5.74, 6) is -0.410. The number of piperazine rings is 1. The number of rotatable bonds is 5. The third kappa shape index (κ3) is 5.26. The molecule has 142 valence electrons. The van der Waals surface area contributed by atoms with Crippen LogP contribution in [0.25, 0.3) is 0 Å². The van der Waals surface area contributed by atoms with Gasteiger partial charge < -0.3 is 15.1 Å². The highest BCUT2D eigenvalue weighted by Crippen LogP contribution is 2.11. The highest BCUT2D eigenvalue weighted by Gasteiger charge is 2.27. The number of hydrogen-bond acceptors (Lipinski definition) is 3. The first-order valence-electron chi connectivity index (χ1n) is 8.98. The van der Waals surface area contributed by atoms with Crippen molar-refractivity contribution in [2.75, 3.05) is 19.6 Å². The van der Waals surface area contributed by atoms with E-state index in [0.717, 1.165) is 11.1 Å². The van der Waals surface area contributed by atoms with Crippen molar-refractivity contribution in [3.63, 3.8) is 0 Å². The van der Waals surface area contributed by atoms with E-state index in [4.69, 9.17) is 0 Å². The summed E-state index contributed by atoms with van der Waals surface area (Å²) < 4.78 is 13.0. The minimum atomic E-state index is -0.299. The van der Waals surface area contributed by atoms with Gasteiger partial charge in [-0.25, -0.2) is 9.18 Å². The summed E-state index contributed by atoms with van der Waals surface area (Å²) >= 11 is 0. The van der Waals surface area contributed by atoms with Crippen LogP contribution in [0, 0.1) is 5.82 Å². The molecule has 1 fully saturated rings. The number of halogens is 1. The number of amides is 3. The number of urea groups is 1. The van der Waals surface area contributed by atoms with E-state index in [-0.39, 0.29) is 30.3 Å². The number of nitrogens with one attached hydrogen (secondary N) is 1. The van der Waals surface area contributed by atoms with Crippen molar-refractivity contribution >= 4 is 11.9 Å². The number of benzene rings is 1. The number of carbonyl (C=O) groups excluding carboxylic acids is 2. The lowest BCUT2D eigenvalue weighted by Crippen LogP contribution is -2.55. The van der Waals surface area contributed by atoms with Crippen LogP contribution in [-0.2, 0) is 17.8 Å². The molecule has 3 rings (SSSR count). The molecule has 1 aromatic heterocycles. The van der Waals surface area contributed by atoms with Gasteiger partial charge in [0.1, 0.15) is 12.4 Å². The zero-order chi connectivity index (χ0) is 19.2. The fourth-order valence-corrected chi connectivity index (χ4v) is 3.08. The Kier molecular flexibility index (Phi) is 6.01. The predicted molar refractivity (Wildman–Crippen MR) is 99.3 cm³/mol. The fraction of sp³-hybridized carbons (Fsp3) is 0.350. The van der Waals surface area contributed by atoms with E-state index in [1.807, 2.05) is 19.1 Å². The maximum atomic E-state index is 13.0. The summed E-state index contributed by atoms with van der Waals surface area (Å²) in [6.07, 6.45) is 4.17. The summed E-state index contributed by atoms with van der Waals surface area (Å²) in [5, 5.41) is 2.94. The molecule has 7 heteroatoms. The summed E-state index contributed by atoms with van der Waals surface area (Å²) in [4.78, 5) is 32.1. The lowest BCUT2D eigenvalue weighted by atomic mass is 10.1. The van der Waals surface area contributed by atoms with E-state index in [1.54, 1.807) is 29.4 Å². The lowest BCUT2D eigenvalue weighted by Gasteiger charge is -2.35. The summed E-state index contributed by atoms with van der Waals surface area (Å²) in [7, 11) is 0. The smallest absolute Gasteiger partial charge is 0.318 e. The lowest BCUT2D eigenvalue weighted by molar-refractivity contribution is -0.135. The molecule has 1 atom stereocenters. The SMILES string of the molecule is C[C@@H](Cc1cccnc1)NC(=O)N1CCN(Cc2ccc(F)cc2)C(=O)C1. The van der Waals surface area contributed by atoms with E-state index in [0.29, 0.717) is 26.1 Å². The Hall–Kier alpha value is -2.96. The Morgan fingerprint density at radius 3 is 2.67 bits per heavy atom. The second-order valence-corrected chi connectivity index (χ2v) is 6.78. The molecule has 2 aromatic rings. The molecule has 1 saturated heterocycles. The van der Waals surface area contributed by atoms with E-state index >= 15 is 0 Å². The first-order chi connectivity index (χ1) is 13.0. The van der Waals surface area contributed by atoms with Crippen LogP contribution in [-0.4, -0.2) is 52.4 Å². The van der Waals surface area contributed by atoms with Crippen molar-refractivity contribution in [3.8, 4) is 0 Å². The predicted octanol–water partition coefficient (Wildman–Crippen LogP) is 2.21. The Bertz CT molecular complexity index is 782. The molecule has 6 nitrogen and oxygen atoms in total. The normalized spacial score (nSPS) is 15.6. The van der Waals surface area contributed by atoms with Gasteiger partial charge in [0.15, 0.2) is 0 Å². The second kappa shape index (κ2) is 8.62. The highest BCUT2D eigenvalue weighted by molar-refractivity contribution is 5.85. The van der Waals surface area contributed by atoms with Crippen LogP contribution < -0.4 is 5.32 Å². The first kappa shape index (κ1) is 18.8. The molecule has 0 radical (unpaired) electrons. The van der Waals surface area contributed by atoms with Crippen molar-refractivity contribution in [3.05, 3.63) is 65.7 Å². The molecule has 1 aromatic carbocycles. The van der Waals surface area contributed by atoms with E-state index in [9.17, 15) is 14.0 Å². The third-order valence-corrected chi connectivity index (χ3v) is 4.53. The van der Waals surface area contributed by atoms with Crippen molar-refractivity contribution in [2.45, 2.75) is 25.9 Å². The number of aromatic nitrogens is 1. The molecule has 2 heterocycles. The zero-order valence-electron chi connectivity index (χ0n) is 15.3. The Labute approximate surface area is 158 Å². The third-order valence-electron chi connectivity index (χ3n) is 4.53. The van der Waals surface area contributed by atoms with E-state index < -0.39 is 0 Å². The molecule has 1 aliphatic rings. The molecule has 27 heavy (non-hydrogen) atoms. The standard InChI is InChI=1S/C20H23FN4O2/c1-15(11-17-3-2-8-22-12-17)23-20(27)25-10-9-24(19(26)14-25)13-16-4-6-18(21)7-5-16/h2-8,12,15H,9-11,13-14H2,1H3,(H,23,27)/t15-/m0/s1. The van der Waals surface area contributed by atoms with Crippen molar-refractivity contribution in [1.29, 1.82) is 0 Å². The summed E-state index contributed by atoms with van der Waals surface area (Å²) in [5.41, 5.74) is 1.92. The monoisotopic (exact) mass is 370 g/mol. The highest BCUT2D eigenvalue weighted by atomic mass is 19.1. The molecule has 0 spiro atoms. The minimum absolute atomic E-state index is 0.0483. The van der Waals surface area contributed by atoms with Gasteiger partial charge in [0.25, 0.3) is 0 Å². The first-order valence-corrected chi connectivity index (χ1v) is 8.98. The van der Waals surface area contributed by atoms with Crippen LogP contribution in [0.1, 0.15) is 18.1 Å². The average Bonchev–Trinajstić information content (AvgIpc) is 2.65. The molecule has 0 saturated carbocycles. The summed E-state index contributed by atoms with van der Waals surface area (Å²) in [6.45, 7) is 3.33. The number of pyridine rings is 1. The molecular weight excluding hydrogens is 347 g/mol. The van der Waals surface area contributed by atoms with Crippen LogP contribution in [0.5, 0.6) is 0 Å². The van der Waals surface area contributed by atoms with Gasteiger partial charge in [-0.05, 0) is 42.7 Å². The Morgan fingerprint density at radius 1 is 1.22 bits per heavy atom. The van der Waals surface area contributed by atoms with Crippen LogP contribution in [0.15, 0.2) is 48.8 Å². The fourth-order valence-electron chi connectivity index (χ4n) is 3.08. The number of carbonyl (C=O) groups is 2. The van der Waals surface area contributed by atoms with Gasteiger partial charge in [0.2, 0.25) is 5.91 Å². The molecule has 0 bridgehead atoms. The van der Waals surface area contributed by atoms with Gasteiger partial charge >= 0.3 is 6.03 Å². The quantitative estimate of drug-likeness (QED) is 0.878. The maximum Gasteiger partial charge on any atom is 0.318 e. The van der Waals surface area contributed by atoms with Crippen molar-refractivity contribution in [2.24, 2.45) is 0 Å². The van der Waals surface area contributed by atoms with Gasteiger partial charge in [0, 0.05) is 38.1 Å². The minimum Gasteiger partial charge on any atom is -0.335 e. The van der Waals surface area contributed by atoms with E-state index in [2.05, 4.69) is 10.3 Å². The second-order valence-electron chi connectivity index (χ2n) is 6.78. The van der Waals surface area contributed by atoms with Crippen LogP contribution in [0.2, 0.25) is 0 Å². The van der Waals surface area contributed by atoms with Crippen LogP contribution in [0.3, 0.4) is 0 Å². The Morgan fingerprint density at radius 2 is 2.00 bits per heavy atom. The Balaban J connectivity index is 1.48. The molecule has 1 N–H and O–H groups in total. The average molecular weight is 370 g/mol.